The zero-order valence-corrected chi connectivity index (χ0v) is 10.4. The van der Waals surface area contributed by atoms with Crippen molar-refractivity contribution in [3.63, 3.8) is 0 Å². The third kappa shape index (κ3) is 5.25. The zero-order valence-electron chi connectivity index (χ0n) is 9.62. The quantitative estimate of drug-likeness (QED) is 0.698. The highest BCUT2D eigenvalue weighted by Crippen LogP contribution is 2.07. The van der Waals surface area contributed by atoms with E-state index in [1.807, 2.05) is 11.6 Å². The first-order valence-corrected chi connectivity index (χ1v) is 6.40. The second kappa shape index (κ2) is 6.20. The van der Waals surface area contributed by atoms with Crippen LogP contribution >= 0.6 is 11.3 Å². The maximum Gasteiger partial charge on any atom is 0.0937 e. The van der Waals surface area contributed by atoms with Gasteiger partial charge >= 0.3 is 0 Å². The molecule has 0 radical (unpaired) electrons. The van der Waals surface area contributed by atoms with E-state index in [0.717, 1.165) is 32.4 Å². The van der Waals surface area contributed by atoms with Crippen molar-refractivity contribution in [2.75, 3.05) is 13.1 Å². The summed E-state index contributed by atoms with van der Waals surface area (Å²) >= 11 is 1.71. The lowest BCUT2D eigenvalue weighted by Crippen LogP contribution is -2.46. The first-order chi connectivity index (χ1) is 7.14. The van der Waals surface area contributed by atoms with Crippen LogP contribution in [0.15, 0.2) is 11.6 Å². The molecule has 1 atom stereocenters. The van der Waals surface area contributed by atoms with Crippen LogP contribution in [0, 0.1) is 0 Å². The molecule has 0 saturated carbocycles. The summed E-state index contributed by atoms with van der Waals surface area (Å²) < 4.78 is 0. The van der Waals surface area contributed by atoms with Gasteiger partial charge < -0.3 is 11.1 Å². The monoisotopic (exact) mass is 227 g/mol. The molecule has 3 nitrogen and oxygen atoms in total. The standard InChI is InChI=1S/C11H21N3S/c1-3-5-11(2,12)9-13-6-4-10-14-7-8-15-10/h7-8,13H,3-6,9,12H2,1-2H3. The third-order valence-electron chi connectivity index (χ3n) is 2.35. The molecule has 15 heavy (non-hydrogen) atoms. The fourth-order valence-corrected chi connectivity index (χ4v) is 2.23. The van der Waals surface area contributed by atoms with Gasteiger partial charge in [0.25, 0.3) is 0 Å². The molecule has 0 aromatic carbocycles. The molecule has 0 aliphatic rings. The Morgan fingerprint density at radius 1 is 1.60 bits per heavy atom. The van der Waals surface area contributed by atoms with Crippen LogP contribution in [0.25, 0.3) is 0 Å². The van der Waals surface area contributed by atoms with E-state index in [-0.39, 0.29) is 5.54 Å². The number of nitrogens with zero attached hydrogens (tertiary/aromatic N) is 1. The van der Waals surface area contributed by atoms with Crippen molar-refractivity contribution in [1.29, 1.82) is 0 Å². The van der Waals surface area contributed by atoms with Gasteiger partial charge in [0.1, 0.15) is 0 Å². The normalized spacial score (nSPS) is 15.1. The molecular weight excluding hydrogens is 206 g/mol. The summed E-state index contributed by atoms with van der Waals surface area (Å²) in [6, 6.07) is 0. The molecular formula is C11H21N3S. The maximum atomic E-state index is 6.11. The average molecular weight is 227 g/mol. The van der Waals surface area contributed by atoms with Crippen molar-refractivity contribution >= 4 is 11.3 Å². The lowest BCUT2D eigenvalue weighted by Gasteiger charge is -2.24. The van der Waals surface area contributed by atoms with Gasteiger partial charge in [-0.1, -0.05) is 13.3 Å². The minimum atomic E-state index is -0.0718. The van der Waals surface area contributed by atoms with Gasteiger partial charge in [-0.05, 0) is 13.3 Å². The van der Waals surface area contributed by atoms with Crippen molar-refractivity contribution in [2.45, 2.75) is 38.6 Å². The summed E-state index contributed by atoms with van der Waals surface area (Å²) in [5.41, 5.74) is 6.04. The third-order valence-corrected chi connectivity index (χ3v) is 3.19. The van der Waals surface area contributed by atoms with Crippen molar-refractivity contribution in [2.24, 2.45) is 5.73 Å². The highest BCUT2D eigenvalue weighted by molar-refractivity contribution is 7.09. The summed E-state index contributed by atoms with van der Waals surface area (Å²) in [4.78, 5) is 4.23. The van der Waals surface area contributed by atoms with Gasteiger partial charge in [0.2, 0.25) is 0 Å². The van der Waals surface area contributed by atoms with Crippen LogP contribution in [0.5, 0.6) is 0 Å². The van der Waals surface area contributed by atoms with E-state index >= 15 is 0 Å². The molecule has 3 N–H and O–H groups in total. The Kier molecular flexibility index (Phi) is 5.22. The number of hydrogen-bond donors (Lipinski definition) is 2. The van der Waals surface area contributed by atoms with E-state index in [4.69, 9.17) is 5.73 Å². The number of rotatable bonds is 7. The number of aromatic nitrogens is 1. The number of nitrogens with two attached hydrogens (primary N) is 1. The van der Waals surface area contributed by atoms with Crippen LogP contribution in [-0.2, 0) is 6.42 Å². The van der Waals surface area contributed by atoms with Gasteiger partial charge in [-0.2, -0.15) is 0 Å². The Labute approximate surface area is 96.1 Å². The van der Waals surface area contributed by atoms with E-state index < -0.39 is 0 Å². The molecule has 1 unspecified atom stereocenters. The molecule has 0 fully saturated rings. The highest BCUT2D eigenvalue weighted by Gasteiger charge is 2.15. The molecule has 1 aromatic heterocycles. The van der Waals surface area contributed by atoms with Crippen molar-refractivity contribution in [1.82, 2.24) is 10.3 Å². The molecule has 0 aliphatic carbocycles. The first kappa shape index (κ1) is 12.6. The van der Waals surface area contributed by atoms with Crippen LogP contribution in [-0.4, -0.2) is 23.6 Å². The number of thiazole rings is 1. The second-order valence-electron chi connectivity index (χ2n) is 4.26. The Hall–Kier alpha value is -0.450. The summed E-state index contributed by atoms with van der Waals surface area (Å²) in [7, 11) is 0. The second-order valence-corrected chi connectivity index (χ2v) is 5.24. The molecule has 1 rings (SSSR count). The molecule has 1 heterocycles. The molecule has 0 spiro atoms. The van der Waals surface area contributed by atoms with E-state index in [2.05, 4.69) is 24.1 Å². The first-order valence-electron chi connectivity index (χ1n) is 5.52. The van der Waals surface area contributed by atoms with E-state index in [1.54, 1.807) is 11.3 Å². The van der Waals surface area contributed by atoms with E-state index in [0.29, 0.717) is 0 Å². The van der Waals surface area contributed by atoms with Crippen LogP contribution < -0.4 is 11.1 Å². The van der Waals surface area contributed by atoms with Crippen molar-refractivity contribution in [3.8, 4) is 0 Å². The minimum absolute atomic E-state index is 0.0718. The Morgan fingerprint density at radius 3 is 3.00 bits per heavy atom. The molecule has 1 aromatic rings. The van der Waals surface area contributed by atoms with E-state index in [1.165, 1.54) is 5.01 Å². The van der Waals surface area contributed by atoms with Crippen LogP contribution in [0.2, 0.25) is 0 Å². The Morgan fingerprint density at radius 2 is 2.40 bits per heavy atom. The van der Waals surface area contributed by atoms with Gasteiger partial charge in [-0.25, -0.2) is 4.98 Å². The Bertz CT molecular complexity index is 257. The highest BCUT2D eigenvalue weighted by atomic mass is 32.1. The molecule has 86 valence electrons. The van der Waals surface area contributed by atoms with Crippen molar-refractivity contribution in [3.05, 3.63) is 16.6 Å². The topological polar surface area (TPSA) is 50.9 Å². The fourth-order valence-electron chi connectivity index (χ4n) is 1.61. The summed E-state index contributed by atoms with van der Waals surface area (Å²) in [6.45, 7) is 6.11. The maximum absolute atomic E-state index is 6.11. The summed E-state index contributed by atoms with van der Waals surface area (Å²) in [5.74, 6) is 0. The smallest absolute Gasteiger partial charge is 0.0937 e. The van der Waals surface area contributed by atoms with Crippen molar-refractivity contribution < 1.29 is 0 Å². The zero-order chi connectivity index (χ0) is 11.1. The number of nitrogens with one attached hydrogen (secondary N) is 1. The molecule has 0 bridgehead atoms. The van der Waals surface area contributed by atoms with Crippen LogP contribution in [0.4, 0.5) is 0 Å². The average Bonchev–Trinajstić information content (AvgIpc) is 2.65. The van der Waals surface area contributed by atoms with E-state index in [9.17, 15) is 0 Å². The predicted octanol–water partition coefficient (Wildman–Crippen LogP) is 1.79. The van der Waals surface area contributed by atoms with Gasteiger partial charge in [-0.3, -0.25) is 0 Å². The minimum Gasteiger partial charge on any atom is -0.324 e. The molecule has 0 aliphatic heterocycles. The molecule has 4 heteroatoms. The fraction of sp³-hybridized carbons (Fsp3) is 0.727. The summed E-state index contributed by atoms with van der Waals surface area (Å²) in [6.07, 6.45) is 5.06. The molecule has 0 saturated heterocycles. The lowest BCUT2D eigenvalue weighted by molar-refractivity contribution is 0.398. The van der Waals surface area contributed by atoms with Crippen LogP contribution in [0.1, 0.15) is 31.7 Å². The molecule has 0 amide bonds. The summed E-state index contributed by atoms with van der Waals surface area (Å²) in [5, 5.41) is 6.60. The lowest BCUT2D eigenvalue weighted by atomic mass is 9.98. The number of hydrogen-bond acceptors (Lipinski definition) is 4. The van der Waals surface area contributed by atoms with Gasteiger partial charge in [0.15, 0.2) is 0 Å². The SMILES string of the molecule is CCCC(C)(N)CNCCc1nccs1. The van der Waals surface area contributed by atoms with Crippen LogP contribution in [0.3, 0.4) is 0 Å². The largest absolute Gasteiger partial charge is 0.324 e. The van der Waals surface area contributed by atoms with Gasteiger partial charge in [0.05, 0.1) is 5.01 Å². The van der Waals surface area contributed by atoms with Gasteiger partial charge in [-0.15, -0.1) is 11.3 Å². The Balaban J connectivity index is 2.11. The van der Waals surface area contributed by atoms with Gasteiger partial charge in [0, 0.05) is 36.6 Å². The predicted molar refractivity (Wildman–Crippen MR) is 66.2 cm³/mol.